The van der Waals surface area contributed by atoms with Gasteiger partial charge in [-0.15, -0.1) is 0 Å². The first-order valence-electron chi connectivity index (χ1n) is 8.61. The van der Waals surface area contributed by atoms with Crippen LogP contribution in [-0.4, -0.2) is 17.6 Å². The molecular weight excluding hydrogens is 340 g/mol. The molecule has 4 rings (SSSR count). The van der Waals surface area contributed by atoms with Crippen molar-refractivity contribution in [3.8, 4) is 5.75 Å². The summed E-state index contributed by atoms with van der Waals surface area (Å²) in [6.45, 7) is -0.0603. The van der Waals surface area contributed by atoms with Crippen LogP contribution in [0.15, 0.2) is 77.7 Å². The number of nitrogens with zero attached hydrogens (tertiary/aromatic N) is 1. The Kier molecular flexibility index (Phi) is 4.34. The van der Waals surface area contributed by atoms with E-state index < -0.39 is 0 Å². The molecule has 1 amide bonds. The van der Waals surface area contributed by atoms with Crippen LogP contribution in [-0.2, 0) is 11.3 Å². The van der Waals surface area contributed by atoms with Crippen molar-refractivity contribution in [2.24, 2.45) is 0 Å². The summed E-state index contributed by atoms with van der Waals surface area (Å²) in [7, 11) is 1.57. The van der Waals surface area contributed by atoms with Crippen LogP contribution < -0.4 is 15.6 Å². The second-order valence-corrected chi connectivity index (χ2v) is 6.25. The molecule has 0 bridgehead atoms. The molecule has 0 spiro atoms. The summed E-state index contributed by atoms with van der Waals surface area (Å²) in [6.07, 6.45) is 1.62. The van der Waals surface area contributed by atoms with Gasteiger partial charge in [-0.2, -0.15) is 0 Å². The van der Waals surface area contributed by atoms with Gasteiger partial charge in [0.1, 0.15) is 12.3 Å². The molecule has 5 nitrogen and oxygen atoms in total. The first-order chi connectivity index (χ1) is 13.2. The molecule has 27 heavy (non-hydrogen) atoms. The highest BCUT2D eigenvalue weighted by Crippen LogP contribution is 2.24. The van der Waals surface area contributed by atoms with Crippen molar-refractivity contribution in [1.29, 1.82) is 0 Å². The van der Waals surface area contributed by atoms with Gasteiger partial charge in [-0.1, -0.05) is 42.5 Å². The largest absolute Gasteiger partial charge is 0.496 e. The van der Waals surface area contributed by atoms with Gasteiger partial charge in [0.15, 0.2) is 0 Å². The summed E-state index contributed by atoms with van der Waals surface area (Å²) in [6, 6.07) is 20.7. The Morgan fingerprint density at radius 1 is 0.926 bits per heavy atom. The van der Waals surface area contributed by atoms with Crippen molar-refractivity contribution in [2.45, 2.75) is 6.54 Å². The van der Waals surface area contributed by atoms with Gasteiger partial charge in [0.05, 0.1) is 12.5 Å². The molecule has 3 aromatic carbocycles. The summed E-state index contributed by atoms with van der Waals surface area (Å²) in [4.78, 5) is 25.3. The lowest BCUT2D eigenvalue weighted by Crippen LogP contribution is -2.27. The SMILES string of the molecule is COc1cccc2c(=O)n(CC(=O)Nc3cccc4ccccc34)ccc12. The zero-order chi connectivity index (χ0) is 18.8. The number of anilines is 1. The fraction of sp³-hybridized carbons (Fsp3) is 0.0909. The number of carbonyl (C=O) groups is 1. The fourth-order valence-corrected chi connectivity index (χ4v) is 3.27. The number of benzene rings is 3. The smallest absolute Gasteiger partial charge is 0.259 e. The van der Waals surface area contributed by atoms with Gasteiger partial charge in [0.25, 0.3) is 5.56 Å². The number of amides is 1. The van der Waals surface area contributed by atoms with Crippen molar-refractivity contribution in [3.05, 3.63) is 83.3 Å². The number of fused-ring (bicyclic) bond motifs is 2. The third-order valence-corrected chi connectivity index (χ3v) is 4.58. The molecule has 1 heterocycles. The minimum absolute atomic E-state index is 0.0603. The number of hydrogen-bond donors (Lipinski definition) is 1. The van der Waals surface area contributed by atoms with E-state index in [1.807, 2.05) is 42.5 Å². The lowest BCUT2D eigenvalue weighted by molar-refractivity contribution is -0.116. The monoisotopic (exact) mass is 358 g/mol. The lowest BCUT2D eigenvalue weighted by Gasteiger charge is -2.11. The Morgan fingerprint density at radius 2 is 1.67 bits per heavy atom. The van der Waals surface area contributed by atoms with E-state index in [0.717, 1.165) is 21.8 Å². The number of rotatable bonds is 4. The van der Waals surface area contributed by atoms with Crippen LogP contribution in [0, 0.1) is 0 Å². The lowest BCUT2D eigenvalue weighted by atomic mass is 10.1. The van der Waals surface area contributed by atoms with Crippen LogP contribution in [0.4, 0.5) is 5.69 Å². The molecule has 1 aromatic heterocycles. The predicted octanol–water partition coefficient (Wildman–Crippen LogP) is 3.80. The predicted molar refractivity (Wildman–Crippen MR) is 107 cm³/mol. The highest BCUT2D eigenvalue weighted by atomic mass is 16.5. The van der Waals surface area contributed by atoms with Crippen molar-refractivity contribution < 1.29 is 9.53 Å². The normalized spacial score (nSPS) is 10.9. The number of ether oxygens (including phenoxy) is 1. The van der Waals surface area contributed by atoms with E-state index in [-0.39, 0.29) is 18.0 Å². The number of hydrogen-bond acceptors (Lipinski definition) is 3. The third kappa shape index (κ3) is 3.15. The molecule has 0 saturated carbocycles. The minimum atomic E-state index is -0.254. The highest BCUT2D eigenvalue weighted by molar-refractivity contribution is 6.02. The van der Waals surface area contributed by atoms with E-state index in [1.54, 1.807) is 37.6 Å². The number of nitrogens with one attached hydrogen (secondary N) is 1. The molecule has 0 radical (unpaired) electrons. The molecular formula is C22H18N2O3. The number of pyridine rings is 1. The summed E-state index contributed by atoms with van der Waals surface area (Å²) in [5.74, 6) is 0.382. The van der Waals surface area contributed by atoms with E-state index in [9.17, 15) is 9.59 Å². The Hall–Kier alpha value is -3.60. The van der Waals surface area contributed by atoms with E-state index in [0.29, 0.717) is 11.1 Å². The second kappa shape index (κ2) is 6.96. The maximum absolute atomic E-state index is 12.7. The van der Waals surface area contributed by atoms with E-state index >= 15 is 0 Å². The standard InChI is InChI=1S/C22H18N2O3/c1-27-20-11-5-9-18-17(20)12-13-24(22(18)26)14-21(25)23-19-10-4-7-15-6-2-3-8-16(15)19/h2-13H,14H2,1H3,(H,23,25). The molecule has 1 N–H and O–H groups in total. The maximum atomic E-state index is 12.7. The van der Waals surface area contributed by atoms with E-state index in [2.05, 4.69) is 5.32 Å². The van der Waals surface area contributed by atoms with Crippen LogP contribution in [0.1, 0.15) is 0 Å². The quantitative estimate of drug-likeness (QED) is 0.604. The van der Waals surface area contributed by atoms with Crippen LogP contribution in [0.5, 0.6) is 5.75 Å². The van der Waals surface area contributed by atoms with Crippen molar-refractivity contribution >= 4 is 33.1 Å². The fourth-order valence-electron chi connectivity index (χ4n) is 3.27. The average Bonchev–Trinajstić information content (AvgIpc) is 2.70. The molecule has 0 saturated heterocycles. The maximum Gasteiger partial charge on any atom is 0.259 e. The number of carbonyl (C=O) groups excluding carboxylic acids is 1. The zero-order valence-electron chi connectivity index (χ0n) is 14.8. The summed E-state index contributed by atoms with van der Waals surface area (Å²) >= 11 is 0. The zero-order valence-corrected chi connectivity index (χ0v) is 14.8. The van der Waals surface area contributed by atoms with Gasteiger partial charge in [0, 0.05) is 22.7 Å². The van der Waals surface area contributed by atoms with Crippen molar-refractivity contribution in [2.75, 3.05) is 12.4 Å². The third-order valence-electron chi connectivity index (χ3n) is 4.58. The van der Waals surface area contributed by atoms with Gasteiger partial charge in [-0.05, 0) is 29.7 Å². The summed E-state index contributed by atoms with van der Waals surface area (Å²) < 4.78 is 6.70. The topological polar surface area (TPSA) is 60.3 Å². The number of aromatic nitrogens is 1. The minimum Gasteiger partial charge on any atom is -0.496 e. The molecule has 0 aliphatic rings. The van der Waals surface area contributed by atoms with Crippen molar-refractivity contribution in [1.82, 2.24) is 4.57 Å². The van der Waals surface area contributed by atoms with Crippen LogP contribution in [0.25, 0.3) is 21.5 Å². The Bertz CT molecular complexity index is 1210. The van der Waals surface area contributed by atoms with Crippen LogP contribution in [0.2, 0.25) is 0 Å². The molecule has 134 valence electrons. The molecule has 4 aromatic rings. The van der Waals surface area contributed by atoms with Gasteiger partial charge >= 0.3 is 0 Å². The average molecular weight is 358 g/mol. The van der Waals surface area contributed by atoms with Gasteiger partial charge < -0.3 is 14.6 Å². The molecule has 0 atom stereocenters. The Balaban J connectivity index is 1.63. The Labute approximate surface area is 155 Å². The first kappa shape index (κ1) is 16.8. The van der Waals surface area contributed by atoms with Crippen LogP contribution in [0.3, 0.4) is 0 Å². The highest BCUT2D eigenvalue weighted by Gasteiger charge is 2.11. The molecule has 0 unspecified atom stereocenters. The summed E-state index contributed by atoms with van der Waals surface area (Å²) in [5, 5.41) is 6.17. The van der Waals surface area contributed by atoms with E-state index in [4.69, 9.17) is 4.74 Å². The molecule has 5 heteroatoms. The van der Waals surface area contributed by atoms with E-state index in [1.165, 1.54) is 4.57 Å². The summed E-state index contributed by atoms with van der Waals surface area (Å²) in [5.41, 5.74) is 0.507. The van der Waals surface area contributed by atoms with Crippen LogP contribution >= 0.6 is 0 Å². The molecule has 0 aliphatic heterocycles. The van der Waals surface area contributed by atoms with Gasteiger partial charge in [0.2, 0.25) is 5.91 Å². The second-order valence-electron chi connectivity index (χ2n) is 6.25. The number of methoxy groups -OCH3 is 1. The molecule has 0 fully saturated rings. The molecule has 0 aliphatic carbocycles. The van der Waals surface area contributed by atoms with Gasteiger partial charge in [-0.3, -0.25) is 9.59 Å². The Morgan fingerprint density at radius 3 is 2.52 bits per heavy atom. The van der Waals surface area contributed by atoms with Crippen molar-refractivity contribution in [3.63, 3.8) is 0 Å². The first-order valence-corrected chi connectivity index (χ1v) is 8.61. The van der Waals surface area contributed by atoms with Gasteiger partial charge in [-0.25, -0.2) is 0 Å².